The van der Waals surface area contributed by atoms with Gasteiger partial charge in [-0.05, 0) is 47.3 Å². The number of amides is 1. The summed E-state index contributed by atoms with van der Waals surface area (Å²) in [5, 5.41) is 0. The van der Waals surface area contributed by atoms with Gasteiger partial charge in [0.1, 0.15) is 5.82 Å². The number of rotatable bonds is 2. The van der Waals surface area contributed by atoms with Crippen LogP contribution in [0.4, 0.5) is 4.39 Å². The third kappa shape index (κ3) is 2.69. The van der Waals surface area contributed by atoms with Gasteiger partial charge in [0.25, 0.3) is 5.91 Å². The first-order valence-corrected chi connectivity index (χ1v) is 7.29. The van der Waals surface area contributed by atoms with Gasteiger partial charge in [-0.15, -0.1) is 11.6 Å². The van der Waals surface area contributed by atoms with Crippen molar-refractivity contribution in [2.75, 3.05) is 12.4 Å². The van der Waals surface area contributed by atoms with Crippen LogP contribution in [-0.2, 0) is 0 Å². The number of piperidine rings is 1. The lowest BCUT2D eigenvalue weighted by molar-refractivity contribution is 0.0637. The van der Waals surface area contributed by atoms with Gasteiger partial charge in [0.05, 0.1) is 10.0 Å². The molecule has 1 fully saturated rings. The molecule has 1 atom stereocenters. The Kier molecular flexibility index (Phi) is 4.62. The Bertz CT molecular complexity index is 455. The van der Waals surface area contributed by atoms with Crippen LogP contribution in [0, 0.1) is 5.82 Å². The fourth-order valence-corrected chi connectivity index (χ4v) is 3.01. The fraction of sp³-hybridized carbons (Fsp3) is 0.462. The lowest BCUT2D eigenvalue weighted by Crippen LogP contribution is -2.44. The van der Waals surface area contributed by atoms with E-state index in [4.69, 9.17) is 11.6 Å². The standard InChI is InChI=1S/C13H14BrClFNO/c14-12-10(5-3-6-11(12)16)13(18)17-7-2-1-4-9(17)8-15/h3,5-6,9H,1-2,4,7-8H2. The van der Waals surface area contributed by atoms with E-state index in [1.54, 1.807) is 17.0 Å². The molecule has 0 spiro atoms. The molecule has 2 nitrogen and oxygen atoms in total. The van der Waals surface area contributed by atoms with Gasteiger partial charge < -0.3 is 4.90 Å². The van der Waals surface area contributed by atoms with Crippen molar-refractivity contribution in [2.24, 2.45) is 0 Å². The third-order valence-corrected chi connectivity index (χ3v) is 4.41. The molecule has 98 valence electrons. The summed E-state index contributed by atoms with van der Waals surface area (Å²) in [6.45, 7) is 0.694. The highest BCUT2D eigenvalue weighted by molar-refractivity contribution is 9.10. The van der Waals surface area contributed by atoms with E-state index in [9.17, 15) is 9.18 Å². The Morgan fingerprint density at radius 2 is 2.28 bits per heavy atom. The van der Waals surface area contributed by atoms with Gasteiger partial charge in [-0.1, -0.05) is 6.07 Å². The average molecular weight is 335 g/mol. The second-order valence-corrected chi connectivity index (χ2v) is 5.51. The van der Waals surface area contributed by atoms with Gasteiger partial charge >= 0.3 is 0 Å². The number of nitrogens with zero attached hydrogens (tertiary/aromatic N) is 1. The Hall–Kier alpha value is -0.610. The molecular formula is C13H14BrClFNO. The van der Waals surface area contributed by atoms with Gasteiger partial charge in [-0.2, -0.15) is 0 Å². The maximum atomic E-state index is 13.4. The molecule has 0 N–H and O–H groups in total. The topological polar surface area (TPSA) is 20.3 Å². The molecular weight excluding hydrogens is 321 g/mol. The van der Waals surface area contributed by atoms with Gasteiger partial charge in [0, 0.05) is 18.5 Å². The summed E-state index contributed by atoms with van der Waals surface area (Å²) in [7, 11) is 0. The van der Waals surface area contributed by atoms with Gasteiger partial charge in [0.2, 0.25) is 0 Å². The van der Waals surface area contributed by atoms with E-state index in [0.29, 0.717) is 18.0 Å². The van der Waals surface area contributed by atoms with Crippen LogP contribution in [0.15, 0.2) is 22.7 Å². The number of benzene rings is 1. The van der Waals surface area contributed by atoms with E-state index < -0.39 is 5.82 Å². The van der Waals surface area contributed by atoms with E-state index >= 15 is 0 Å². The Labute approximate surface area is 119 Å². The van der Waals surface area contributed by atoms with E-state index in [1.165, 1.54) is 6.07 Å². The predicted octanol–water partition coefficient (Wildman–Crippen LogP) is 3.82. The molecule has 2 rings (SSSR count). The maximum absolute atomic E-state index is 13.4. The summed E-state index contributed by atoms with van der Waals surface area (Å²) >= 11 is 9.03. The van der Waals surface area contributed by atoms with Crippen LogP contribution in [0.25, 0.3) is 0 Å². The van der Waals surface area contributed by atoms with Crippen molar-refractivity contribution in [1.29, 1.82) is 0 Å². The molecule has 18 heavy (non-hydrogen) atoms. The van der Waals surface area contributed by atoms with Crippen LogP contribution in [0.1, 0.15) is 29.6 Å². The first kappa shape index (κ1) is 13.8. The van der Waals surface area contributed by atoms with Crippen LogP contribution < -0.4 is 0 Å². The monoisotopic (exact) mass is 333 g/mol. The number of halogens is 3. The molecule has 5 heteroatoms. The van der Waals surface area contributed by atoms with Crippen molar-refractivity contribution in [3.63, 3.8) is 0 Å². The molecule has 1 aliphatic rings. The Balaban J connectivity index is 2.27. The second kappa shape index (κ2) is 6.02. The first-order chi connectivity index (χ1) is 8.65. The summed E-state index contributed by atoms with van der Waals surface area (Å²) in [5.41, 5.74) is 0.368. The molecule has 1 amide bonds. The van der Waals surface area contributed by atoms with Crippen LogP contribution in [-0.4, -0.2) is 29.3 Å². The number of carbonyl (C=O) groups excluding carboxylic acids is 1. The van der Waals surface area contributed by atoms with Crippen LogP contribution in [0.5, 0.6) is 0 Å². The normalized spacial score (nSPS) is 19.9. The highest BCUT2D eigenvalue weighted by Gasteiger charge is 2.28. The van der Waals surface area contributed by atoms with Crippen molar-refractivity contribution >= 4 is 33.4 Å². The molecule has 1 heterocycles. The van der Waals surface area contributed by atoms with Gasteiger partial charge in [0.15, 0.2) is 0 Å². The molecule has 0 radical (unpaired) electrons. The number of hydrogen-bond acceptors (Lipinski definition) is 1. The van der Waals surface area contributed by atoms with E-state index in [1.807, 2.05) is 0 Å². The van der Waals surface area contributed by atoms with E-state index in [2.05, 4.69) is 15.9 Å². The fourth-order valence-electron chi connectivity index (χ4n) is 2.25. The smallest absolute Gasteiger partial charge is 0.255 e. The average Bonchev–Trinajstić information content (AvgIpc) is 2.41. The summed E-state index contributed by atoms with van der Waals surface area (Å²) in [6.07, 6.45) is 2.99. The lowest BCUT2D eigenvalue weighted by atomic mass is 10.0. The summed E-state index contributed by atoms with van der Waals surface area (Å²) < 4.78 is 13.7. The minimum absolute atomic E-state index is 0.0584. The zero-order chi connectivity index (χ0) is 13.1. The van der Waals surface area contributed by atoms with Crippen molar-refractivity contribution < 1.29 is 9.18 Å². The molecule has 1 saturated heterocycles. The summed E-state index contributed by atoms with van der Waals surface area (Å²) in [4.78, 5) is 14.2. The summed E-state index contributed by atoms with van der Waals surface area (Å²) in [6, 6.07) is 4.57. The number of hydrogen-bond donors (Lipinski definition) is 0. The number of carbonyl (C=O) groups is 1. The molecule has 1 aromatic rings. The highest BCUT2D eigenvalue weighted by atomic mass is 79.9. The summed E-state index contributed by atoms with van der Waals surface area (Å²) in [5.74, 6) is -0.134. The quantitative estimate of drug-likeness (QED) is 0.753. The lowest BCUT2D eigenvalue weighted by Gasteiger charge is -2.34. The third-order valence-electron chi connectivity index (χ3n) is 3.25. The zero-order valence-electron chi connectivity index (χ0n) is 9.83. The number of alkyl halides is 1. The number of likely N-dealkylation sites (tertiary alicyclic amines) is 1. The maximum Gasteiger partial charge on any atom is 0.255 e. The molecule has 0 aromatic heterocycles. The second-order valence-electron chi connectivity index (χ2n) is 4.40. The van der Waals surface area contributed by atoms with Crippen molar-refractivity contribution in [3.05, 3.63) is 34.1 Å². The van der Waals surface area contributed by atoms with Crippen LogP contribution in [0.3, 0.4) is 0 Å². The van der Waals surface area contributed by atoms with Crippen LogP contribution >= 0.6 is 27.5 Å². The van der Waals surface area contributed by atoms with Gasteiger partial charge in [-0.25, -0.2) is 4.39 Å². The molecule has 1 unspecified atom stereocenters. The first-order valence-electron chi connectivity index (χ1n) is 5.96. The van der Waals surface area contributed by atoms with Gasteiger partial charge in [-0.3, -0.25) is 4.79 Å². The van der Waals surface area contributed by atoms with E-state index in [0.717, 1.165) is 19.3 Å². The molecule has 0 saturated carbocycles. The minimum atomic E-state index is -0.416. The van der Waals surface area contributed by atoms with Crippen molar-refractivity contribution in [1.82, 2.24) is 4.90 Å². The molecule has 1 aromatic carbocycles. The predicted molar refractivity (Wildman–Crippen MR) is 73.5 cm³/mol. The Morgan fingerprint density at radius 3 is 3.00 bits per heavy atom. The Morgan fingerprint density at radius 1 is 1.50 bits per heavy atom. The van der Waals surface area contributed by atoms with Crippen LogP contribution in [0.2, 0.25) is 0 Å². The molecule has 0 bridgehead atoms. The van der Waals surface area contributed by atoms with Crippen molar-refractivity contribution in [3.8, 4) is 0 Å². The van der Waals surface area contributed by atoms with Crippen molar-refractivity contribution in [2.45, 2.75) is 25.3 Å². The highest BCUT2D eigenvalue weighted by Crippen LogP contribution is 2.25. The molecule has 0 aliphatic carbocycles. The zero-order valence-corrected chi connectivity index (χ0v) is 12.2. The largest absolute Gasteiger partial charge is 0.334 e. The molecule has 1 aliphatic heterocycles. The van der Waals surface area contributed by atoms with E-state index in [-0.39, 0.29) is 16.4 Å². The SMILES string of the molecule is O=C(c1cccc(F)c1Br)N1CCCCC1CCl. The minimum Gasteiger partial charge on any atom is -0.334 e.